The van der Waals surface area contributed by atoms with Gasteiger partial charge in [-0.1, -0.05) is 48.5 Å². The molecule has 0 aliphatic carbocycles. The Morgan fingerprint density at radius 2 is 1.75 bits per heavy atom. The van der Waals surface area contributed by atoms with Gasteiger partial charge < -0.3 is 10.5 Å². The zero-order valence-corrected chi connectivity index (χ0v) is 11.5. The van der Waals surface area contributed by atoms with E-state index in [1.807, 2.05) is 54.6 Å². The average Bonchev–Trinajstić information content (AvgIpc) is 2.48. The molecule has 0 saturated carbocycles. The lowest BCUT2D eigenvalue weighted by atomic mass is 10.0. The first kappa shape index (κ1) is 14.1. The third-order valence-corrected chi connectivity index (χ3v) is 3.11. The molecule has 0 amide bonds. The molecule has 0 heterocycles. The molecule has 102 valence electrons. The van der Waals surface area contributed by atoms with Crippen LogP contribution in [0.5, 0.6) is 5.75 Å². The normalized spacial score (nSPS) is 13.2. The topological polar surface area (TPSA) is 59.0 Å². The van der Waals surface area contributed by atoms with Gasteiger partial charge in [-0.25, -0.2) is 0 Å². The van der Waals surface area contributed by atoms with Crippen molar-refractivity contribution in [2.45, 2.75) is 18.9 Å². The Bertz CT molecular complexity index is 600. The van der Waals surface area contributed by atoms with Gasteiger partial charge in [0.2, 0.25) is 0 Å². The maximum Gasteiger partial charge on any atom is 0.127 e. The molecule has 0 aliphatic heterocycles. The lowest BCUT2D eigenvalue weighted by Gasteiger charge is -2.17. The van der Waals surface area contributed by atoms with E-state index in [4.69, 9.17) is 15.7 Å². The Labute approximate surface area is 119 Å². The number of hydrogen-bond acceptors (Lipinski definition) is 3. The SMILES string of the molecule is CC(N)(C#N)CCOc1ccccc1-c1ccccc1. The first-order valence-electron chi connectivity index (χ1n) is 6.60. The van der Waals surface area contributed by atoms with Crippen molar-refractivity contribution in [3.05, 3.63) is 54.6 Å². The Kier molecular flexibility index (Phi) is 4.39. The van der Waals surface area contributed by atoms with Crippen LogP contribution in [0.4, 0.5) is 0 Å². The lowest BCUT2D eigenvalue weighted by Crippen LogP contribution is -2.35. The zero-order valence-electron chi connectivity index (χ0n) is 11.5. The van der Waals surface area contributed by atoms with Crippen LogP contribution in [-0.2, 0) is 0 Å². The van der Waals surface area contributed by atoms with E-state index in [1.165, 1.54) is 0 Å². The van der Waals surface area contributed by atoms with Crippen molar-refractivity contribution >= 4 is 0 Å². The van der Waals surface area contributed by atoms with Crippen LogP contribution in [0, 0.1) is 11.3 Å². The zero-order chi connectivity index (χ0) is 14.4. The number of nitrogens with two attached hydrogens (primary N) is 1. The third kappa shape index (κ3) is 3.59. The maximum atomic E-state index is 8.89. The van der Waals surface area contributed by atoms with Crippen LogP contribution in [0.1, 0.15) is 13.3 Å². The Hall–Kier alpha value is -2.31. The van der Waals surface area contributed by atoms with Gasteiger partial charge in [-0.05, 0) is 18.6 Å². The first-order chi connectivity index (χ1) is 9.62. The maximum absolute atomic E-state index is 8.89. The fourth-order valence-electron chi connectivity index (χ4n) is 1.88. The summed E-state index contributed by atoms with van der Waals surface area (Å²) in [6, 6.07) is 20.0. The van der Waals surface area contributed by atoms with Crippen molar-refractivity contribution < 1.29 is 4.74 Å². The molecule has 0 fully saturated rings. The Morgan fingerprint density at radius 1 is 1.10 bits per heavy atom. The minimum Gasteiger partial charge on any atom is -0.493 e. The second-order valence-corrected chi connectivity index (χ2v) is 4.99. The predicted molar refractivity (Wildman–Crippen MR) is 80.2 cm³/mol. The van der Waals surface area contributed by atoms with Crippen LogP contribution in [0.25, 0.3) is 11.1 Å². The summed E-state index contributed by atoms with van der Waals surface area (Å²) in [5.74, 6) is 0.812. The van der Waals surface area contributed by atoms with Crippen molar-refractivity contribution in [1.82, 2.24) is 0 Å². The van der Waals surface area contributed by atoms with E-state index < -0.39 is 5.54 Å². The van der Waals surface area contributed by atoms with Gasteiger partial charge in [0.1, 0.15) is 11.3 Å². The van der Waals surface area contributed by atoms with Gasteiger partial charge in [-0.3, -0.25) is 0 Å². The number of hydrogen-bond donors (Lipinski definition) is 1. The summed E-state index contributed by atoms with van der Waals surface area (Å²) in [5, 5.41) is 8.89. The molecular weight excluding hydrogens is 248 g/mol. The average molecular weight is 266 g/mol. The van der Waals surface area contributed by atoms with E-state index in [-0.39, 0.29) is 0 Å². The predicted octanol–water partition coefficient (Wildman–Crippen LogP) is 3.36. The van der Waals surface area contributed by atoms with E-state index in [1.54, 1.807) is 6.92 Å². The van der Waals surface area contributed by atoms with Crippen molar-refractivity contribution in [2.24, 2.45) is 5.73 Å². The van der Waals surface area contributed by atoms with Crippen molar-refractivity contribution in [2.75, 3.05) is 6.61 Å². The first-order valence-corrected chi connectivity index (χ1v) is 6.60. The number of nitriles is 1. The molecular formula is C17H18N2O. The summed E-state index contributed by atoms with van der Waals surface area (Å²) in [6.07, 6.45) is 0.493. The van der Waals surface area contributed by atoms with Crippen LogP contribution in [0.15, 0.2) is 54.6 Å². The largest absolute Gasteiger partial charge is 0.493 e. The highest BCUT2D eigenvalue weighted by molar-refractivity contribution is 5.70. The highest BCUT2D eigenvalue weighted by Gasteiger charge is 2.17. The summed E-state index contributed by atoms with van der Waals surface area (Å²) in [4.78, 5) is 0. The second kappa shape index (κ2) is 6.23. The molecule has 0 radical (unpaired) electrons. The van der Waals surface area contributed by atoms with E-state index >= 15 is 0 Å². The molecule has 3 heteroatoms. The van der Waals surface area contributed by atoms with Gasteiger partial charge in [0, 0.05) is 12.0 Å². The summed E-state index contributed by atoms with van der Waals surface area (Å²) in [6.45, 7) is 2.13. The third-order valence-electron chi connectivity index (χ3n) is 3.11. The van der Waals surface area contributed by atoms with Gasteiger partial charge in [-0.2, -0.15) is 5.26 Å². The van der Waals surface area contributed by atoms with Gasteiger partial charge in [0.15, 0.2) is 0 Å². The van der Waals surface area contributed by atoms with E-state index in [2.05, 4.69) is 6.07 Å². The molecule has 2 aromatic rings. The number of ether oxygens (including phenoxy) is 1. The Balaban J connectivity index is 2.12. The highest BCUT2D eigenvalue weighted by Crippen LogP contribution is 2.29. The van der Waals surface area contributed by atoms with Crippen molar-refractivity contribution in [3.63, 3.8) is 0 Å². The van der Waals surface area contributed by atoms with Gasteiger partial charge in [-0.15, -0.1) is 0 Å². The van der Waals surface area contributed by atoms with Crippen LogP contribution in [0.3, 0.4) is 0 Å². The molecule has 0 aromatic heterocycles. The summed E-state index contributed by atoms with van der Waals surface area (Å²) < 4.78 is 5.80. The molecule has 0 bridgehead atoms. The number of rotatable bonds is 5. The molecule has 2 rings (SSSR count). The number of benzene rings is 2. The van der Waals surface area contributed by atoms with Gasteiger partial charge in [0.05, 0.1) is 12.7 Å². The van der Waals surface area contributed by atoms with Crippen LogP contribution < -0.4 is 10.5 Å². The lowest BCUT2D eigenvalue weighted by molar-refractivity contribution is 0.287. The summed E-state index contributed by atoms with van der Waals surface area (Å²) in [5.41, 5.74) is 7.10. The fourth-order valence-corrected chi connectivity index (χ4v) is 1.88. The summed E-state index contributed by atoms with van der Waals surface area (Å²) in [7, 11) is 0. The smallest absolute Gasteiger partial charge is 0.127 e. The standard InChI is InChI=1S/C17H18N2O/c1-17(19,13-18)11-12-20-16-10-6-5-9-15(16)14-7-3-2-4-8-14/h2-10H,11-12,19H2,1H3. The van der Waals surface area contributed by atoms with Crippen LogP contribution >= 0.6 is 0 Å². The van der Waals surface area contributed by atoms with E-state index in [0.717, 1.165) is 16.9 Å². The quantitative estimate of drug-likeness (QED) is 0.902. The van der Waals surface area contributed by atoms with Crippen molar-refractivity contribution in [1.29, 1.82) is 5.26 Å². The van der Waals surface area contributed by atoms with Crippen molar-refractivity contribution in [3.8, 4) is 22.9 Å². The van der Waals surface area contributed by atoms with Crippen LogP contribution in [0.2, 0.25) is 0 Å². The molecule has 1 atom stereocenters. The molecule has 2 N–H and O–H groups in total. The van der Waals surface area contributed by atoms with E-state index in [0.29, 0.717) is 13.0 Å². The molecule has 3 nitrogen and oxygen atoms in total. The minimum atomic E-state index is -0.846. The summed E-state index contributed by atoms with van der Waals surface area (Å²) >= 11 is 0. The number of nitrogens with zero attached hydrogens (tertiary/aromatic N) is 1. The molecule has 0 aliphatic rings. The minimum absolute atomic E-state index is 0.421. The highest BCUT2D eigenvalue weighted by atomic mass is 16.5. The van der Waals surface area contributed by atoms with E-state index in [9.17, 15) is 0 Å². The molecule has 0 spiro atoms. The van der Waals surface area contributed by atoms with Gasteiger partial charge in [0.25, 0.3) is 0 Å². The fraction of sp³-hybridized carbons (Fsp3) is 0.235. The molecule has 20 heavy (non-hydrogen) atoms. The van der Waals surface area contributed by atoms with Gasteiger partial charge >= 0.3 is 0 Å². The number of para-hydroxylation sites is 1. The van der Waals surface area contributed by atoms with Crippen LogP contribution in [-0.4, -0.2) is 12.1 Å². The molecule has 1 unspecified atom stereocenters. The molecule has 0 saturated heterocycles. The second-order valence-electron chi connectivity index (χ2n) is 4.99. The monoisotopic (exact) mass is 266 g/mol. The Morgan fingerprint density at radius 3 is 2.45 bits per heavy atom. The molecule has 2 aromatic carbocycles.